The van der Waals surface area contributed by atoms with Gasteiger partial charge in [-0.25, -0.2) is 4.68 Å². The van der Waals surface area contributed by atoms with Gasteiger partial charge in [0.05, 0.1) is 5.52 Å². The van der Waals surface area contributed by atoms with Gasteiger partial charge in [0.1, 0.15) is 18.1 Å². The van der Waals surface area contributed by atoms with Crippen LogP contribution >= 0.6 is 11.6 Å². The summed E-state index contributed by atoms with van der Waals surface area (Å²) in [6, 6.07) is 19.4. The van der Waals surface area contributed by atoms with Crippen molar-refractivity contribution in [3.8, 4) is 11.5 Å². The Bertz CT molecular complexity index is 1570. The van der Waals surface area contributed by atoms with Crippen molar-refractivity contribution in [1.29, 1.82) is 0 Å². The molecule has 9 nitrogen and oxygen atoms in total. The molecule has 1 aliphatic carbocycles. The fraction of sp³-hybridized carbons (Fsp3) is 0.267. The van der Waals surface area contributed by atoms with Crippen molar-refractivity contribution < 1.29 is 19.1 Å². The molecule has 1 aliphatic heterocycles. The van der Waals surface area contributed by atoms with Crippen molar-refractivity contribution in [3.63, 3.8) is 0 Å². The average molecular weight is 558 g/mol. The Kier molecular flexibility index (Phi) is 7.37. The monoisotopic (exact) mass is 557 g/mol. The van der Waals surface area contributed by atoms with E-state index in [9.17, 15) is 9.59 Å². The van der Waals surface area contributed by atoms with E-state index in [1.807, 2.05) is 36.4 Å². The van der Waals surface area contributed by atoms with Gasteiger partial charge in [0.15, 0.2) is 11.5 Å². The molecule has 2 aliphatic rings. The van der Waals surface area contributed by atoms with Gasteiger partial charge in [-0.05, 0) is 67.1 Å². The second-order valence-corrected chi connectivity index (χ2v) is 10.4. The molecule has 10 heteroatoms. The van der Waals surface area contributed by atoms with Crippen LogP contribution in [0.4, 0.5) is 5.69 Å². The standard InChI is InChI=1S/C30H28ClN5O4/c31-22-12-10-20(11-13-22)17-35(28(37)18-36-25-9-5-4-8-24(25)33-34-36)29(21-6-2-1-3-7-21)30(38)32-23-14-15-26-27(16-23)40-19-39-26/h1-2,4-5,8-16,21,29H,3,6-7,17-19H2,(H,32,38)/t21-,29-/m0/s1. The number of para-hydroxylation sites is 1. The second-order valence-electron chi connectivity index (χ2n) is 9.93. The van der Waals surface area contributed by atoms with Crippen molar-refractivity contribution >= 4 is 40.1 Å². The molecule has 4 aromatic rings. The number of allylic oxidation sites excluding steroid dienone is 2. The minimum atomic E-state index is -0.728. The van der Waals surface area contributed by atoms with E-state index in [0.717, 1.165) is 23.9 Å². The Morgan fingerprint density at radius 3 is 2.70 bits per heavy atom. The van der Waals surface area contributed by atoms with Gasteiger partial charge in [-0.1, -0.05) is 53.2 Å². The van der Waals surface area contributed by atoms with Crippen LogP contribution in [0, 0.1) is 5.92 Å². The lowest BCUT2D eigenvalue weighted by atomic mass is 9.85. The topological polar surface area (TPSA) is 98.6 Å². The van der Waals surface area contributed by atoms with Crippen LogP contribution in [0.1, 0.15) is 24.8 Å². The molecule has 0 saturated heterocycles. The van der Waals surface area contributed by atoms with Crippen LogP contribution in [-0.4, -0.2) is 44.5 Å². The molecule has 40 heavy (non-hydrogen) atoms. The van der Waals surface area contributed by atoms with E-state index in [1.165, 1.54) is 0 Å². The highest BCUT2D eigenvalue weighted by Gasteiger charge is 2.37. The number of carbonyl (C=O) groups excluding carboxylic acids is 2. The number of halogens is 1. The van der Waals surface area contributed by atoms with Gasteiger partial charge in [0, 0.05) is 23.3 Å². The van der Waals surface area contributed by atoms with Gasteiger partial charge < -0.3 is 19.7 Å². The highest BCUT2D eigenvalue weighted by Crippen LogP contribution is 2.35. The lowest BCUT2D eigenvalue weighted by molar-refractivity contribution is -0.142. The minimum Gasteiger partial charge on any atom is -0.454 e. The Hall–Kier alpha value is -4.37. The fourth-order valence-electron chi connectivity index (χ4n) is 5.29. The van der Waals surface area contributed by atoms with Gasteiger partial charge in [-0.15, -0.1) is 5.10 Å². The first kappa shape index (κ1) is 25.9. The highest BCUT2D eigenvalue weighted by atomic mass is 35.5. The van der Waals surface area contributed by atoms with E-state index in [0.29, 0.717) is 34.1 Å². The van der Waals surface area contributed by atoms with E-state index in [2.05, 4.69) is 27.8 Å². The van der Waals surface area contributed by atoms with E-state index in [-0.39, 0.29) is 37.6 Å². The molecule has 0 fully saturated rings. The summed E-state index contributed by atoms with van der Waals surface area (Å²) in [7, 11) is 0. The number of hydrogen-bond acceptors (Lipinski definition) is 6. The first-order chi connectivity index (χ1) is 19.5. The number of benzene rings is 3. The molecule has 2 heterocycles. The Balaban J connectivity index is 1.34. The zero-order chi connectivity index (χ0) is 27.5. The van der Waals surface area contributed by atoms with Crippen LogP contribution in [-0.2, 0) is 22.7 Å². The number of amides is 2. The molecular weight excluding hydrogens is 530 g/mol. The predicted octanol–water partition coefficient (Wildman–Crippen LogP) is 5.21. The molecule has 6 rings (SSSR count). The van der Waals surface area contributed by atoms with Crippen molar-refractivity contribution in [2.24, 2.45) is 5.92 Å². The number of anilines is 1. The molecule has 0 unspecified atom stereocenters. The van der Waals surface area contributed by atoms with Crippen molar-refractivity contribution in [3.05, 3.63) is 89.5 Å². The van der Waals surface area contributed by atoms with Gasteiger partial charge in [0.25, 0.3) is 0 Å². The number of ether oxygens (including phenoxy) is 2. The summed E-state index contributed by atoms with van der Waals surface area (Å²) in [5.41, 5.74) is 2.90. The Morgan fingerprint density at radius 1 is 1.05 bits per heavy atom. The number of hydrogen-bond donors (Lipinski definition) is 1. The summed E-state index contributed by atoms with van der Waals surface area (Å²) in [5.74, 6) is 0.646. The fourth-order valence-corrected chi connectivity index (χ4v) is 5.41. The molecule has 0 spiro atoms. The molecule has 2 amide bonds. The third-order valence-corrected chi connectivity index (χ3v) is 7.54. The van der Waals surface area contributed by atoms with Gasteiger partial charge in [0.2, 0.25) is 18.6 Å². The molecule has 3 aromatic carbocycles. The van der Waals surface area contributed by atoms with Crippen molar-refractivity contribution in [2.45, 2.75) is 38.4 Å². The largest absolute Gasteiger partial charge is 0.454 e. The van der Waals surface area contributed by atoms with Gasteiger partial charge in [-0.2, -0.15) is 0 Å². The van der Waals surface area contributed by atoms with E-state index >= 15 is 0 Å². The van der Waals surface area contributed by atoms with Crippen LogP contribution in [0.2, 0.25) is 5.02 Å². The number of carbonyl (C=O) groups is 2. The molecule has 1 aromatic heterocycles. The lowest BCUT2D eigenvalue weighted by Gasteiger charge is -2.37. The number of fused-ring (bicyclic) bond motifs is 2. The maximum Gasteiger partial charge on any atom is 0.247 e. The normalized spacial score (nSPS) is 16.6. The molecule has 2 atom stereocenters. The molecule has 0 radical (unpaired) electrons. The maximum atomic E-state index is 14.1. The summed E-state index contributed by atoms with van der Waals surface area (Å²) < 4.78 is 12.5. The number of aromatic nitrogens is 3. The second kappa shape index (κ2) is 11.4. The number of rotatable bonds is 8. The Labute approximate surface area is 236 Å². The van der Waals surface area contributed by atoms with Gasteiger partial charge >= 0.3 is 0 Å². The summed E-state index contributed by atoms with van der Waals surface area (Å²) in [4.78, 5) is 29.8. The summed E-state index contributed by atoms with van der Waals surface area (Å²) in [5, 5.41) is 12.1. The van der Waals surface area contributed by atoms with Crippen molar-refractivity contribution in [1.82, 2.24) is 19.9 Å². The third-order valence-electron chi connectivity index (χ3n) is 7.29. The smallest absolute Gasteiger partial charge is 0.247 e. The molecule has 204 valence electrons. The van der Waals surface area contributed by atoms with E-state index in [4.69, 9.17) is 21.1 Å². The SMILES string of the molecule is O=C(Nc1ccc2c(c1)OCO2)[C@H]([C@H]1CC=CCC1)N(Cc1ccc(Cl)cc1)C(=O)Cn1nnc2ccccc21. The number of nitrogens with one attached hydrogen (secondary N) is 1. The minimum absolute atomic E-state index is 0.0511. The van der Waals surface area contributed by atoms with Crippen LogP contribution in [0.5, 0.6) is 11.5 Å². The van der Waals surface area contributed by atoms with E-state index < -0.39 is 6.04 Å². The highest BCUT2D eigenvalue weighted by molar-refractivity contribution is 6.30. The van der Waals surface area contributed by atoms with Gasteiger partial charge in [-0.3, -0.25) is 9.59 Å². The molecule has 0 bridgehead atoms. The van der Waals surface area contributed by atoms with Crippen LogP contribution in [0.25, 0.3) is 11.0 Å². The average Bonchev–Trinajstić information content (AvgIpc) is 3.61. The summed E-state index contributed by atoms with van der Waals surface area (Å²) in [6.45, 7) is 0.330. The van der Waals surface area contributed by atoms with Crippen LogP contribution < -0.4 is 14.8 Å². The zero-order valence-electron chi connectivity index (χ0n) is 21.7. The number of nitrogens with zero attached hydrogens (tertiary/aromatic N) is 4. The predicted molar refractivity (Wildman–Crippen MR) is 151 cm³/mol. The first-order valence-electron chi connectivity index (χ1n) is 13.2. The quantitative estimate of drug-likeness (QED) is 0.299. The summed E-state index contributed by atoms with van der Waals surface area (Å²) >= 11 is 6.14. The Morgan fingerprint density at radius 2 is 1.88 bits per heavy atom. The summed E-state index contributed by atoms with van der Waals surface area (Å²) in [6.07, 6.45) is 6.53. The lowest BCUT2D eigenvalue weighted by Crippen LogP contribution is -2.52. The molecular formula is C30H28ClN5O4. The molecule has 0 saturated carbocycles. The zero-order valence-corrected chi connectivity index (χ0v) is 22.5. The third kappa shape index (κ3) is 5.51. The maximum absolute atomic E-state index is 14.1. The van der Waals surface area contributed by atoms with E-state index in [1.54, 1.807) is 39.9 Å². The van der Waals surface area contributed by atoms with Crippen molar-refractivity contribution in [2.75, 3.05) is 12.1 Å². The van der Waals surface area contributed by atoms with Crippen LogP contribution in [0.15, 0.2) is 78.9 Å². The molecule has 1 N–H and O–H groups in total. The van der Waals surface area contributed by atoms with Crippen LogP contribution in [0.3, 0.4) is 0 Å². The first-order valence-corrected chi connectivity index (χ1v) is 13.6.